The van der Waals surface area contributed by atoms with E-state index in [-0.39, 0.29) is 5.91 Å². The van der Waals surface area contributed by atoms with Crippen LogP contribution in [0.5, 0.6) is 5.75 Å². The van der Waals surface area contributed by atoms with Gasteiger partial charge < -0.3 is 10.5 Å². The van der Waals surface area contributed by atoms with Crippen molar-refractivity contribution in [3.8, 4) is 5.75 Å². The van der Waals surface area contributed by atoms with Gasteiger partial charge in [-0.25, -0.2) is 0 Å². The van der Waals surface area contributed by atoms with E-state index < -0.39 is 5.41 Å². The van der Waals surface area contributed by atoms with Crippen LogP contribution in [0.1, 0.15) is 32.1 Å². The summed E-state index contributed by atoms with van der Waals surface area (Å²) in [5.41, 5.74) is 4.79. The number of benzene rings is 1. The second-order valence-electron chi connectivity index (χ2n) is 4.71. The Hall–Kier alpha value is -1.42. The van der Waals surface area contributed by atoms with Crippen molar-refractivity contribution in [2.24, 2.45) is 11.1 Å². The third-order valence-electron chi connectivity index (χ3n) is 3.52. The van der Waals surface area contributed by atoms with Crippen LogP contribution in [0.2, 0.25) is 0 Å². The maximum absolute atomic E-state index is 11.8. The number of carbonyl (C=O) groups excluding carboxylic acids is 1. The van der Waals surface area contributed by atoms with Crippen molar-refractivity contribution in [2.45, 2.75) is 32.1 Å². The lowest BCUT2D eigenvalue weighted by molar-refractivity contribution is -0.125. The average molecular weight is 263 g/mol. The van der Waals surface area contributed by atoms with Crippen molar-refractivity contribution in [1.82, 2.24) is 0 Å². The molecule has 0 aliphatic heterocycles. The molecule has 0 bridgehead atoms. The van der Waals surface area contributed by atoms with Crippen LogP contribution in [0.3, 0.4) is 0 Å². The summed E-state index contributed by atoms with van der Waals surface area (Å²) in [6, 6.07) is 9.29. The number of rotatable bonds is 3. The van der Waals surface area contributed by atoms with E-state index in [1.165, 1.54) is 0 Å². The Morgan fingerprint density at radius 1 is 1.17 bits per heavy atom. The number of carbonyl (C=O) groups is 1. The third-order valence-corrected chi connectivity index (χ3v) is 4.00. The number of hydrogen-bond acceptors (Lipinski definition) is 3. The maximum Gasteiger partial charge on any atom is 0.232 e. The van der Waals surface area contributed by atoms with Gasteiger partial charge in [-0.15, -0.1) is 0 Å². The highest BCUT2D eigenvalue weighted by Crippen LogP contribution is 2.38. The Bertz CT molecular complexity index is 438. The minimum atomic E-state index is -0.760. The van der Waals surface area contributed by atoms with Crippen LogP contribution in [-0.2, 0) is 4.79 Å². The summed E-state index contributed by atoms with van der Waals surface area (Å²) < 4.78 is 5.65. The minimum absolute atomic E-state index is 0.320. The first kappa shape index (κ1) is 13.0. The Balaban J connectivity index is 2.16. The van der Waals surface area contributed by atoms with E-state index in [1.807, 2.05) is 30.3 Å². The zero-order valence-corrected chi connectivity index (χ0v) is 11.0. The van der Waals surface area contributed by atoms with E-state index in [4.69, 9.17) is 22.7 Å². The zero-order chi connectivity index (χ0) is 13.0. The van der Waals surface area contributed by atoms with Crippen molar-refractivity contribution in [3.05, 3.63) is 30.3 Å². The molecule has 18 heavy (non-hydrogen) atoms. The van der Waals surface area contributed by atoms with E-state index in [0.29, 0.717) is 23.6 Å². The number of primary amides is 1. The van der Waals surface area contributed by atoms with Crippen molar-refractivity contribution in [1.29, 1.82) is 0 Å². The number of amides is 1. The molecule has 0 saturated heterocycles. The standard InChI is InChI=1S/C14H17NO2S/c15-12(16)14(9-5-2-6-10-14)13(18)17-11-7-3-1-4-8-11/h1,3-4,7-8H,2,5-6,9-10H2,(H2,15,16). The molecule has 0 spiro atoms. The van der Waals surface area contributed by atoms with E-state index in [2.05, 4.69) is 0 Å². The summed E-state index contributed by atoms with van der Waals surface area (Å²) in [7, 11) is 0. The van der Waals surface area contributed by atoms with Gasteiger partial charge in [0.1, 0.15) is 11.2 Å². The quantitative estimate of drug-likeness (QED) is 0.853. The Labute approximate surface area is 112 Å². The highest BCUT2D eigenvalue weighted by molar-refractivity contribution is 7.80. The molecule has 1 aliphatic rings. The number of nitrogens with two attached hydrogens (primary N) is 1. The van der Waals surface area contributed by atoms with Crippen LogP contribution >= 0.6 is 12.2 Å². The summed E-state index contributed by atoms with van der Waals surface area (Å²) in [4.78, 5) is 11.8. The van der Waals surface area contributed by atoms with E-state index in [0.717, 1.165) is 19.3 Å². The fraction of sp³-hybridized carbons (Fsp3) is 0.429. The van der Waals surface area contributed by atoms with E-state index >= 15 is 0 Å². The highest BCUT2D eigenvalue weighted by Gasteiger charge is 2.43. The third kappa shape index (κ3) is 2.53. The minimum Gasteiger partial charge on any atom is -0.449 e. The first-order valence-corrected chi connectivity index (χ1v) is 6.63. The number of hydrogen-bond donors (Lipinski definition) is 1. The zero-order valence-electron chi connectivity index (χ0n) is 10.2. The van der Waals surface area contributed by atoms with Crippen LogP contribution in [0.4, 0.5) is 0 Å². The van der Waals surface area contributed by atoms with Crippen molar-refractivity contribution < 1.29 is 9.53 Å². The molecule has 96 valence electrons. The first-order chi connectivity index (χ1) is 8.65. The molecule has 2 N–H and O–H groups in total. The fourth-order valence-corrected chi connectivity index (χ4v) is 2.80. The molecule has 1 amide bonds. The molecule has 1 aromatic rings. The van der Waals surface area contributed by atoms with Crippen LogP contribution < -0.4 is 10.5 Å². The molecule has 0 heterocycles. The lowest BCUT2D eigenvalue weighted by Crippen LogP contribution is -2.46. The predicted octanol–water partition coefficient (Wildman–Crippen LogP) is 2.83. The molecule has 0 unspecified atom stereocenters. The molecular formula is C14H17NO2S. The molecule has 0 atom stereocenters. The van der Waals surface area contributed by atoms with Gasteiger partial charge in [0.25, 0.3) is 0 Å². The van der Waals surface area contributed by atoms with E-state index in [9.17, 15) is 4.79 Å². The van der Waals surface area contributed by atoms with Gasteiger partial charge >= 0.3 is 0 Å². The SMILES string of the molecule is NC(=O)C1(C(=S)Oc2ccccc2)CCCCC1. The maximum atomic E-state index is 11.8. The van der Waals surface area contributed by atoms with Gasteiger partial charge in [0.2, 0.25) is 5.91 Å². The van der Waals surface area contributed by atoms with Crippen LogP contribution in [-0.4, -0.2) is 11.0 Å². The second kappa shape index (κ2) is 5.48. The summed E-state index contributed by atoms with van der Waals surface area (Å²) in [6.45, 7) is 0. The van der Waals surface area contributed by atoms with Gasteiger partial charge in [0.05, 0.1) is 0 Å². The van der Waals surface area contributed by atoms with Gasteiger partial charge in [-0.3, -0.25) is 4.79 Å². The monoisotopic (exact) mass is 263 g/mol. The van der Waals surface area contributed by atoms with Crippen LogP contribution in [0, 0.1) is 5.41 Å². The van der Waals surface area contributed by atoms with Gasteiger partial charge in [0, 0.05) is 0 Å². The molecule has 1 aromatic carbocycles. The van der Waals surface area contributed by atoms with Gasteiger partial charge in [0.15, 0.2) is 5.05 Å². The summed E-state index contributed by atoms with van der Waals surface area (Å²) in [5.74, 6) is 0.303. The molecule has 3 nitrogen and oxygen atoms in total. The van der Waals surface area contributed by atoms with Crippen LogP contribution in [0.15, 0.2) is 30.3 Å². The highest BCUT2D eigenvalue weighted by atomic mass is 32.1. The number of thiocarbonyl (C=S) groups is 1. The smallest absolute Gasteiger partial charge is 0.232 e. The lowest BCUT2D eigenvalue weighted by atomic mass is 9.74. The largest absolute Gasteiger partial charge is 0.449 e. The topological polar surface area (TPSA) is 52.3 Å². The molecule has 0 aromatic heterocycles. The predicted molar refractivity (Wildman–Crippen MR) is 74.4 cm³/mol. The summed E-state index contributed by atoms with van der Waals surface area (Å²) >= 11 is 5.32. The molecule has 2 rings (SSSR count). The molecule has 1 fully saturated rings. The Morgan fingerprint density at radius 3 is 2.33 bits per heavy atom. The molecule has 1 aliphatic carbocycles. The van der Waals surface area contributed by atoms with Crippen molar-refractivity contribution >= 4 is 23.2 Å². The Morgan fingerprint density at radius 2 is 1.78 bits per heavy atom. The van der Waals surface area contributed by atoms with Crippen molar-refractivity contribution in [2.75, 3.05) is 0 Å². The van der Waals surface area contributed by atoms with E-state index in [1.54, 1.807) is 0 Å². The van der Waals surface area contributed by atoms with Crippen LogP contribution in [0.25, 0.3) is 0 Å². The van der Waals surface area contributed by atoms with Gasteiger partial charge in [-0.1, -0.05) is 37.5 Å². The Kier molecular flexibility index (Phi) is 3.97. The normalized spacial score (nSPS) is 18.0. The number of para-hydroxylation sites is 1. The summed E-state index contributed by atoms with van der Waals surface area (Å²) in [5, 5.41) is 0.320. The van der Waals surface area contributed by atoms with Crippen molar-refractivity contribution in [3.63, 3.8) is 0 Å². The first-order valence-electron chi connectivity index (χ1n) is 6.22. The fourth-order valence-electron chi connectivity index (χ4n) is 2.40. The molecule has 0 radical (unpaired) electrons. The second-order valence-corrected chi connectivity index (χ2v) is 5.08. The van der Waals surface area contributed by atoms with Gasteiger partial charge in [-0.05, 0) is 37.2 Å². The molecular weight excluding hydrogens is 246 g/mol. The number of ether oxygens (including phenoxy) is 1. The molecule has 4 heteroatoms. The lowest BCUT2D eigenvalue weighted by Gasteiger charge is -2.33. The van der Waals surface area contributed by atoms with Gasteiger partial charge in [-0.2, -0.15) is 0 Å². The average Bonchev–Trinajstić information content (AvgIpc) is 2.40. The molecule has 1 saturated carbocycles. The summed E-state index contributed by atoms with van der Waals surface area (Å²) in [6.07, 6.45) is 4.48.